The average molecular weight is 600 g/mol. The van der Waals surface area contributed by atoms with Crippen LogP contribution in [-0.4, -0.2) is 98.2 Å². The Morgan fingerprint density at radius 2 is 2.05 bits per heavy atom. The van der Waals surface area contributed by atoms with Crippen LogP contribution < -0.4 is 22.2 Å². The minimum atomic E-state index is -1.37. The molecule has 39 heavy (non-hydrogen) atoms. The third kappa shape index (κ3) is 5.63. The van der Waals surface area contributed by atoms with Crippen molar-refractivity contribution in [2.75, 3.05) is 23.8 Å². The minimum Gasteiger partial charge on any atom is -0.479 e. The lowest BCUT2D eigenvalue weighted by Crippen LogP contribution is -2.71. The van der Waals surface area contributed by atoms with Gasteiger partial charge < -0.3 is 26.1 Å². The van der Waals surface area contributed by atoms with Gasteiger partial charge in [0.05, 0.1) is 0 Å². The molecule has 2 aromatic heterocycles. The number of carboxylic acids is 2. The number of H-pyrrole nitrogens is 1. The molecule has 6 N–H and O–H groups in total. The molecule has 0 spiro atoms. The number of aromatic amines is 1. The van der Waals surface area contributed by atoms with Crippen molar-refractivity contribution in [2.45, 2.75) is 16.6 Å². The molecule has 1 unspecified atom stereocenters. The first-order chi connectivity index (χ1) is 18.5. The van der Waals surface area contributed by atoms with E-state index in [0.29, 0.717) is 5.57 Å². The number of carbonyl (C=O) groups is 4. The summed E-state index contributed by atoms with van der Waals surface area (Å²) in [4.78, 5) is 81.4. The first-order valence-electron chi connectivity index (χ1n) is 10.5. The number of hydrogen-bond acceptors (Lipinski definition) is 15. The Labute approximate surface area is 228 Å². The summed E-state index contributed by atoms with van der Waals surface area (Å²) in [5.41, 5.74) is 3.37. The number of nitrogens with one attached hydrogen (secondary N) is 2. The largest absolute Gasteiger partial charge is 0.479 e. The standard InChI is InChI=1S/C18H17N9O9S3/c1-26-14(33)12(31)22-23-18(26)38-4-5-3-37-15-8(13(32)27(15)9(5)16(34)35)20-11(30)7(24-36-2-6(28)29)10-21-17(19)39-25-10/h8,15H,2-4H2,1H3,(H,20,30)(H,22,31)(H,28,29)(H,34,35)(H2,19,21,25)/t8?,15-/m1/s1. The molecule has 2 amide bonds. The van der Waals surface area contributed by atoms with E-state index >= 15 is 0 Å². The van der Waals surface area contributed by atoms with E-state index in [1.165, 1.54) is 18.8 Å². The Kier molecular flexibility index (Phi) is 8.01. The van der Waals surface area contributed by atoms with Crippen LogP contribution in [0.5, 0.6) is 0 Å². The molecule has 0 aromatic carbocycles. The molecule has 206 valence electrons. The summed E-state index contributed by atoms with van der Waals surface area (Å²) in [6.45, 7) is -0.860. The molecule has 0 aliphatic carbocycles. The number of fused-ring (bicyclic) bond motifs is 1. The smallest absolute Gasteiger partial charge is 0.352 e. The first-order valence-corrected chi connectivity index (χ1v) is 13.3. The number of β-lactam (4-membered cyclic amide) rings is 1. The Morgan fingerprint density at radius 3 is 2.69 bits per heavy atom. The van der Waals surface area contributed by atoms with Crippen LogP contribution in [0.25, 0.3) is 0 Å². The van der Waals surface area contributed by atoms with Crippen molar-refractivity contribution in [3.05, 3.63) is 37.8 Å². The van der Waals surface area contributed by atoms with Crippen LogP contribution in [0.4, 0.5) is 5.13 Å². The van der Waals surface area contributed by atoms with Crippen LogP contribution in [-0.2, 0) is 31.1 Å². The highest BCUT2D eigenvalue weighted by Crippen LogP contribution is 2.41. The van der Waals surface area contributed by atoms with Gasteiger partial charge in [0.1, 0.15) is 17.1 Å². The molecule has 4 rings (SSSR count). The third-order valence-electron chi connectivity index (χ3n) is 5.16. The summed E-state index contributed by atoms with van der Waals surface area (Å²) in [5.74, 6) is -4.45. The molecule has 21 heteroatoms. The van der Waals surface area contributed by atoms with Crippen LogP contribution in [0.2, 0.25) is 0 Å². The normalized spacial score (nSPS) is 18.8. The van der Waals surface area contributed by atoms with E-state index in [1.54, 1.807) is 0 Å². The average Bonchev–Trinajstić information content (AvgIpc) is 3.32. The number of anilines is 1. The summed E-state index contributed by atoms with van der Waals surface area (Å²) in [5, 5.41) is 29.7. The van der Waals surface area contributed by atoms with Crippen LogP contribution in [0.15, 0.2) is 31.2 Å². The van der Waals surface area contributed by atoms with Gasteiger partial charge in [-0.05, 0) is 5.57 Å². The number of hydrogen-bond donors (Lipinski definition) is 5. The Bertz CT molecular complexity index is 1550. The Balaban J connectivity index is 1.51. The molecule has 0 bridgehead atoms. The van der Waals surface area contributed by atoms with Gasteiger partial charge in [-0.3, -0.25) is 28.6 Å². The van der Waals surface area contributed by atoms with Crippen molar-refractivity contribution in [1.29, 1.82) is 0 Å². The lowest BCUT2D eigenvalue weighted by Gasteiger charge is -2.49. The van der Waals surface area contributed by atoms with Gasteiger partial charge in [-0.15, -0.1) is 16.9 Å². The number of aliphatic carboxylic acids is 2. The van der Waals surface area contributed by atoms with Gasteiger partial charge in [0, 0.05) is 30.1 Å². The molecule has 1 saturated heterocycles. The molecule has 2 aliphatic heterocycles. The number of aromatic nitrogens is 5. The van der Waals surface area contributed by atoms with Crippen molar-refractivity contribution in [2.24, 2.45) is 12.2 Å². The van der Waals surface area contributed by atoms with Gasteiger partial charge in [0.15, 0.2) is 10.3 Å². The number of nitrogens with two attached hydrogens (primary N) is 1. The second kappa shape index (κ2) is 11.2. The Morgan fingerprint density at radius 1 is 1.31 bits per heavy atom. The fourth-order valence-corrected chi connectivity index (χ4v) is 6.25. The van der Waals surface area contributed by atoms with Crippen molar-refractivity contribution < 1.29 is 34.2 Å². The van der Waals surface area contributed by atoms with E-state index in [0.717, 1.165) is 32.8 Å². The van der Waals surface area contributed by atoms with Gasteiger partial charge in [-0.1, -0.05) is 16.9 Å². The summed E-state index contributed by atoms with van der Waals surface area (Å²) >= 11 is 2.93. The molecule has 2 aliphatic rings. The van der Waals surface area contributed by atoms with Gasteiger partial charge in [-0.25, -0.2) is 14.7 Å². The van der Waals surface area contributed by atoms with Gasteiger partial charge in [-0.2, -0.15) is 9.36 Å². The fraction of sp³-hybridized carbons (Fsp3) is 0.333. The van der Waals surface area contributed by atoms with E-state index in [9.17, 15) is 33.9 Å². The maximum atomic E-state index is 13.0. The van der Waals surface area contributed by atoms with E-state index in [2.05, 4.69) is 34.9 Å². The van der Waals surface area contributed by atoms with Crippen LogP contribution >= 0.6 is 35.1 Å². The topological polar surface area (TPSA) is 265 Å². The van der Waals surface area contributed by atoms with Crippen LogP contribution in [0.1, 0.15) is 5.82 Å². The molecule has 4 heterocycles. The zero-order valence-corrected chi connectivity index (χ0v) is 22.0. The SMILES string of the molecule is Cn1c(SCC2=C(C(=O)O)N3C(=O)C(NC(=O)C(=NOCC(=O)O)c4nsc(N)n4)[C@H]3SC2)n[nH]c(=O)c1=O. The highest BCUT2D eigenvalue weighted by molar-refractivity contribution is 8.01. The van der Waals surface area contributed by atoms with E-state index in [-0.39, 0.29) is 33.3 Å². The number of rotatable bonds is 10. The van der Waals surface area contributed by atoms with E-state index in [4.69, 9.17) is 10.8 Å². The van der Waals surface area contributed by atoms with Crippen LogP contribution in [0.3, 0.4) is 0 Å². The maximum Gasteiger partial charge on any atom is 0.352 e. The zero-order valence-electron chi connectivity index (χ0n) is 19.5. The quantitative estimate of drug-likeness (QED) is 0.0608. The third-order valence-corrected chi connectivity index (χ3v) is 8.16. The molecule has 0 radical (unpaired) electrons. The molecule has 2 atom stereocenters. The molecule has 0 saturated carbocycles. The molecular formula is C18H17N9O9S3. The van der Waals surface area contributed by atoms with Gasteiger partial charge in [0.2, 0.25) is 18.1 Å². The van der Waals surface area contributed by atoms with Crippen molar-refractivity contribution in [1.82, 2.24) is 34.3 Å². The van der Waals surface area contributed by atoms with E-state index < -0.39 is 58.6 Å². The lowest BCUT2D eigenvalue weighted by molar-refractivity contribution is -0.150. The zero-order chi connectivity index (χ0) is 28.4. The first kappa shape index (κ1) is 27.8. The summed E-state index contributed by atoms with van der Waals surface area (Å²) in [6.07, 6.45) is 0. The number of nitrogens with zero attached hydrogens (tertiary/aromatic N) is 6. The predicted molar refractivity (Wildman–Crippen MR) is 135 cm³/mol. The molecule has 18 nitrogen and oxygen atoms in total. The van der Waals surface area contributed by atoms with Crippen molar-refractivity contribution in [3.8, 4) is 0 Å². The van der Waals surface area contributed by atoms with E-state index in [1.807, 2.05) is 0 Å². The summed E-state index contributed by atoms with van der Waals surface area (Å²) in [6, 6.07) is -1.15. The number of oxime groups is 1. The second-order valence-electron chi connectivity index (χ2n) is 7.67. The predicted octanol–water partition coefficient (Wildman–Crippen LogP) is -2.76. The highest BCUT2D eigenvalue weighted by atomic mass is 32.2. The minimum absolute atomic E-state index is 0.00349. The monoisotopic (exact) mass is 599 g/mol. The number of amides is 2. The number of carbonyl (C=O) groups excluding carboxylic acids is 2. The number of thioether (sulfide) groups is 2. The Hall–Kier alpha value is -4.24. The lowest BCUT2D eigenvalue weighted by atomic mass is 10.0. The van der Waals surface area contributed by atoms with Crippen LogP contribution in [0, 0.1) is 0 Å². The fourth-order valence-electron chi connectivity index (χ4n) is 3.41. The van der Waals surface area contributed by atoms with Gasteiger partial charge in [0.25, 0.3) is 11.8 Å². The molecule has 1 fully saturated rings. The number of nitrogen functional groups attached to an aromatic ring is 1. The second-order valence-corrected chi connectivity index (χ2v) is 10.5. The van der Waals surface area contributed by atoms with Crippen molar-refractivity contribution in [3.63, 3.8) is 0 Å². The highest BCUT2D eigenvalue weighted by Gasteiger charge is 2.54. The van der Waals surface area contributed by atoms with Crippen molar-refractivity contribution >= 4 is 69.7 Å². The summed E-state index contributed by atoms with van der Waals surface area (Å²) in [7, 11) is 1.34. The maximum absolute atomic E-state index is 13.0. The molecule has 2 aromatic rings. The number of carboxylic acid groups (broad SMARTS) is 2. The van der Waals surface area contributed by atoms with Gasteiger partial charge >= 0.3 is 23.1 Å². The summed E-state index contributed by atoms with van der Waals surface area (Å²) < 4.78 is 4.87. The molecular weight excluding hydrogens is 582 g/mol.